The van der Waals surface area contributed by atoms with E-state index in [1.165, 1.54) is 33.0 Å². The van der Waals surface area contributed by atoms with Crippen molar-refractivity contribution in [2.45, 2.75) is 175 Å². The standard InChI is InChI=1S/C17H28N3O4P.C16H28N3O4P.C16H26N3O4P.C15H26N3O4P.C15H25N2O3PS/c1-11-18-14(19-12(2)21)7-9-20(11)17-16(23-3)15(22)13(24-17)8-10-25(4,5)6;1-10-18-15(17)12(21-2)9-19(10)16-14(22-3)13(20)11(23-16)7-8-24(4,5)6;1-10-17-13(18-11(2)20)6-8-19(10)16-15(22)14(21)12(23-16)7-9-24(3,4)5;1-9-17-14(16)11(21-2)8-18(9)15-13(20)12(19)10(22-15)6-7-23(3,4)5;1-9-10(8-17(2)15(22)16-9)14-13(19)12(18)11(20-14)6-7-21(3,4)5/h7,9,13,15-17,22H,1,4,8,10H2,2-3,5-6H3,(H,18,19,21);9,11,13-14,16,20H,1,4,7-8H2,2-3,5-6H3,(H2,17,18);6,8,12,14-16,21-22H,1,3,7,9H2,2,4-5H3,(H,17,18,20);8,10,12-13,15,19-20H,1,3,6-7H2,2,4-5H3,(H2,16,17);8,11-14,18-19H,3,6-7H2,1-2,4-5H3/t13-,15-,16-,17-;11-,13-,14-,16-;12-,14-,15-,16-;10-,12-,13-,15-;11-,12-,13-,14+/m11111/s1. The fourth-order valence-electron chi connectivity index (χ4n) is 13.5. The molecule has 5 saturated heterocycles. The Balaban J connectivity index is 0.000000229. The Kier molecular flexibility index (Phi) is 36.8. The molecule has 0 aliphatic carbocycles. The minimum atomic E-state index is -1.23. The summed E-state index contributed by atoms with van der Waals surface area (Å²) in [5, 5.41) is 88.1. The van der Waals surface area contributed by atoms with Crippen molar-refractivity contribution in [2.75, 3.05) is 126 Å². The molecule has 0 saturated carbocycles. The molecule has 9 aliphatic rings. The van der Waals surface area contributed by atoms with Crippen LogP contribution < -0.4 is 22.1 Å². The number of aryl methyl sites for hydroxylation is 2. The van der Waals surface area contributed by atoms with Gasteiger partial charge in [0.25, 0.3) is 0 Å². The molecule has 14 N–H and O–H groups in total. The Morgan fingerprint density at radius 1 is 0.475 bits per heavy atom. The first kappa shape index (κ1) is 101. The van der Waals surface area contributed by atoms with Crippen LogP contribution in [0, 0.1) is 11.7 Å². The number of amides is 2. The number of rotatable bonds is 24. The van der Waals surface area contributed by atoms with E-state index < -0.39 is 139 Å². The first-order valence-electron chi connectivity index (χ1n) is 38.5. The molecule has 0 bridgehead atoms. The Morgan fingerprint density at radius 2 is 0.771 bits per heavy atom. The molecule has 10 heterocycles. The number of aliphatic imine (C=N–C) groups is 4. The number of nitrogens with zero attached hydrogens (tertiary/aromatic N) is 10. The van der Waals surface area contributed by atoms with Gasteiger partial charge in [-0.3, -0.25) is 9.59 Å². The lowest BCUT2D eigenvalue weighted by Crippen LogP contribution is -2.43. The second-order valence-electron chi connectivity index (χ2n) is 33.8. The van der Waals surface area contributed by atoms with Crippen LogP contribution in [0.1, 0.15) is 63.3 Å². The number of carbonyl (C=O) groups excluding carboxylic acids is 2. The largest absolute Gasteiger partial charge is 0.491 e. The lowest BCUT2D eigenvalue weighted by molar-refractivity contribution is -0.118. The van der Waals surface area contributed by atoms with Gasteiger partial charge in [-0.05, 0) is 161 Å². The topological polar surface area (TPSA) is 435 Å². The van der Waals surface area contributed by atoms with Crippen LogP contribution in [0.2, 0.25) is 0 Å². The zero-order valence-electron chi connectivity index (χ0n) is 71.9. The summed E-state index contributed by atoms with van der Waals surface area (Å²) < 4.78 is 53.3. The number of aromatic nitrogens is 2. The molecule has 10 rings (SSSR count). The Morgan fingerprint density at radius 3 is 1.10 bits per heavy atom. The minimum Gasteiger partial charge on any atom is -0.491 e. The van der Waals surface area contributed by atoms with E-state index in [9.17, 15) is 50.4 Å². The van der Waals surface area contributed by atoms with Crippen LogP contribution in [0.4, 0.5) is 0 Å². The van der Waals surface area contributed by atoms with E-state index >= 15 is 0 Å². The zero-order valence-corrected chi connectivity index (χ0v) is 77.2. The van der Waals surface area contributed by atoms with Gasteiger partial charge in [0.15, 0.2) is 52.9 Å². The molecule has 1 aromatic heterocycles. The highest BCUT2D eigenvalue weighted by atomic mass is 32.1. The Bertz CT molecular complexity index is 4350. The number of methoxy groups -OCH3 is 4. The van der Waals surface area contributed by atoms with Crippen molar-refractivity contribution in [3.63, 3.8) is 0 Å². The molecule has 9 aliphatic heterocycles. The molecule has 118 heavy (non-hydrogen) atoms. The highest BCUT2D eigenvalue weighted by Gasteiger charge is 2.51. The van der Waals surface area contributed by atoms with E-state index in [0.717, 1.165) is 54.9 Å². The maximum atomic E-state index is 11.1. The SMILES string of the molecule is C=C1N=C(N)C(OC)=CN1[C@@H]1O[C@H](CCP(=C)(C)C)[C@@H](O)[C@H]1O.C=C1N=C(N)C(OC)=CN1[C@@H]1O[C@H](CCP(=C)(C)C)[C@@H](O)[C@H]1OC.C=C1N=C(NC(C)=O)C=CN1[C@@H]1O[C@H](CCP(=C)(C)C)[C@@H](O)[C@H]1O.C=C1N=C(NC(C)=O)C=CN1[C@@H]1O[C@H](CCP(=C)(C)C)[C@@H](O)[C@H]1OC.C=P(C)(C)CC[C@H]1O[C@@H](c2cn(C)c(=S)nc2C)[C@H](O)[C@@H]1O. The molecular formula is C79H133N14O19P5S. The lowest BCUT2D eigenvalue weighted by Gasteiger charge is -2.32. The first-order valence-corrected chi connectivity index (χ1v) is 54.2. The van der Waals surface area contributed by atoms with E-state index in [1.54, 1.807) is 70.4 Å². The second-order valence-corrected chi connectivity index (χ2v) is 55.7. The maximum Gasteiger partial charge on any atom is 0.222 e. The number of hydrogen-bond acceptors (Lipinski definition) is 31. The van der Waals surface area contributed by atoms with E-state index in [0.29, 0.717) is 70.5 Å². The van der Waals surface area contributed by atoms with Crippen molar-refractivity contribution < 1.29 is 93.1 Å². The van der Waals surface area contributed by atoms with Gasteiger partial charge in [0, 0.05) is 65.0 Å². The summed E-state index contributed by atoms with van der Waals surface area (Å²) in [6, 6.07) is 0. The molecular weight excluding hydrogens is 1640 g/mol. The fraction of sp³-hybridized carbons (Fsp3) is 0.608. The highest BCUT2D eigenvalue weighted by molar-refractivity contribution is 7.73. The van der Waals surface area contributed by atoms with E-state index in [1.807, 2.05) is 20.2 Å². The molecule has 33 nitrogen and oxygen atoms in total. The van der Waals surface area contributed by atoms with Gasteiger partial charge < -0.3 is 130 Å². The van der Waals surface area contributed by atoms with E-state index in [2.05, 4.69) is 160 Å². The summed E-state index contributed by atoms with van der Waals surface area (Å²) in [7, 11) is 7.90. The molecule has 0 aromatic carbocycles. The summed E-state index contributed by atoms with van der Waals surface area (Å²) >= 11 is 5.13. The Labute approximate surface area is 702 Å². The predicted octanol–water partition coefficient (Wildman–Crippen LogP) is 4.09. The Hall–Kier alpha value is -5.86. The number of aliphatic hydroxyl groups excluding tert-OH is 8. The third kappa shape index (κ3) is 28.6. The van der Waals surface area contributed by atoms with Crippen LogP contribution in [0.3, 0.4) is 0 Å². The summed E-state index contributed by atoms with van der Waals surface area (Å²) in [6.45, 7) is 35.5. The van der Waals surface area contributed by atoms with Crippen LogP contribution in [-0.2, 0) is 59.3 Å². The molecule has 1 aromatic rings. The molecule has 0 unspecified atom stereocenters. The third-order valence-electron chi connectivity index (χ3n) is 20.1. The molecule has 39 heteroatoms. The van der Waals surface area contributed by atoms with Crippen molar-refractivity contribution in [1.29, 1.82) is 0 Å². The molecule has 2 amide bonds. The van der Waals surface area contributed by atoms with Crippen molar-refractivity contribution in [1.82, 2.24) is 39.8 Å². The highest BCUT2D eigenvalue weighted by Crippen LogP contribution is 2.45. The van der Waals surface area contributed by atoms with Gasteiger partial charge in [-0.2, -0.15) is 0 Å². The van der Waals surface area contributed by atoms with Crippen LogP contribution >= 0.6 is 46.6 Å². The molecule has 0 spiro atoms. The molecule has 20 atom stereocenters. The summed E-state index contributed by atoms with van der Waals surface area (Å²) in [5.41, 5.74) is 13.0. The quantitative estimate of drug-likeness (QED) is 0.0512. The average molecular weight is 1770 g/mol. The number of ether oxygens (including phenoxy) is 9. The number of hydrogen-bond donors (Lipinski definition) is 12. The zero-order chi connectivity index (χ0) is 88.9. The van der Waals surface area contributed by atoms with Gasteiger partial charge in [-0.15, -0.1) is 65.9 Å². The van der Waals surface area contributed by atoms with Crippen LogP contribution in [0.5, 0.6) is 0 Å². The third-order valence-corrected chi connectivity index (χ3v) is 27.8. The predicted molar refractivity (Wildman–Crippen MR) is 486 cm³/mol. The van der Waals surface area contributed by atoms with Crippen molar-refractivity contribution >= 4 is 113 Å². The van der Waals surface area contributed by atoms with Crippen LogP contribution in [0.15, 0.2) is 124 Å². The summed E-state index contributed by atoms with van der Waals surface area (Å²) in [6.07, 6.45) is 27.0. The van der Waals surface area contributed by atoms with Gasteiger partial charge >= 0.3 is 0 Å². The molecule has 0 radical (unpaired) electrons. The first-order chi connectivity index (χ1) is 54.6. The smallest absolute Gasteiger partial charge is 0.222 e. The normalized spacial score (nSPS) is 30.4. The van der Waals surface area contributed by atoms with Crippen molar-refractivity contribution in [2.24, 2.45) is 38.5 Å². The minimum absolute atomic E-state index is 0.203. The van der Waals surface area contributed by atoms with Crippen molar-refractivity contribution in [3.8, 4) is 0 Å². The number of carbonyl (C=O) groups is 2. The van der Waals surface area contributed by atoms with Gasteiger partial charge in [0.2, 0.25) is 11.8 Å². The summed E-state index contributed by atoms with van der Waals surface area (Å²) in [4.78, 5) is 49.7. The van der Waals surface area contributed by atoms with Gasteiger partial charge in [-0.1, -0.05) is 26.3 Å². The second kappa shape index (κ2) is 43.0. The molecule has 664 valence electrons. The average Bonchev–Trinajstić information content (AvgIpc) is 1.63. The lowest BCUT2D eigenvalue weighted by atomic mass is 10.0. The number of amidine groups is 4. The number of nitrogens with one attached hydrogen (secondary N) is 2. The number of nitrogens with two attached hydrogens (primary N) is 2. The molecule has 5 fully saturated rings. The van der Waals surface area contributed by atoms with Crippen LogP contribution in [-0.4, -0.2) is 379 Å². The number of aliphatic hydroxyl groups is 8. The van der Waals surface area contributed by atoms with Gasteiger partial charge in [0.05, 0.1) is 57.1 Å². The summed E-state index contributed by atoms with van der Waals surface area (Å²) in [5.74, 6) is 3.08. The fourth-order valence-corrected chi connectivity index (χ4v) is 18.5. The monoisotopic (exact) mass is 1770 g/mol. The maximum absolute atomic E-state index is 11.1. The van der Waals surface area contributed by atoms with Crippen molar-refractivity contribution in [3.05, 3.63) is 120 Å². The van der Waals surface area contributed by atoms with E-state index in [4.69, 9.17) is 66.3 Å². The van der Waals surface area contributed by atoms with Gasteiger partial charge in [-0.25, -0.2) is 25.0 Å². The van der Waals surface area contributed by atoms with Gasteiger partial charge in [0.1, 0.15) is 102 Å². The van der Waals surface area contributed by atoms with E-state index in [-0.39, 0.29) is 41.8 Å². The van der Waals surface area contributed by atoms with Crippen LogP contribution in [0.25, 0.3) is 0 Å².